The zero-order chi connectivity index (χ0) is 20.3. The van der Waals surface area contributed by atoms with Gasteiger partial charge < -0.3 is 19.8 Å². The molecule has 29 heavy (non-hydrogen) atoms. The number of H-pyrrole nitrogens is 1. The Morgan fingerprint density at radius 1 is 1.21 bits per heavy atom. The Kier molecular flexibility index (Phi) is 7.82. The topological polar surface area (TPSA) is 100 Å². The molecule has 3 aromatic rings. The highest BCUT2D eigenvalue weighted by Crippen LogP contribution is 2.16. The Balaban J connectivity index is 1.41. The molecule has 0 spiro atoms. The summed E-state index contributed by atoms with van der Waals surface area (Å²) in [7, 11) is 0. The first-order valence-electron chi connectivity index (χ1n) is 9.90. The summed E-state index contributed by atoms with van der Waals surface area (Å²) < 4.78 is 11.2. The first kappa shape index (κ1) is 20.6. The fourth-order valence-corrected chi connectivity index (χ4v) is 2.74. The van der Waals surface area contributed by atoms with Gasteiger partial charge in [-0.25, -0.2) is 9.98 Å². The molecule has 2 heterocycles. The number of hydrogen-bond acceptors (Lipinski definition) is 5. The second kappa shape index (κ2) is 11.0. The minimum absolute atomic E-state index is 0.0907. The first-order chi connectivity index (χ1) is 14.3. The molecule has 0 aliphatic heterocycles. The van der Waals surface area contributed by atoms with E-state index in [0.29, 0.717) is 30.6 Å². The lowest BCUT2D eigenvalue weighted by molar-refractivity contribution is 0.0646. The van der Waals surface area contributed by atoms with Crippen LogP contribution < -0.4 is 10.6 Å². The Morgan fingerprint density at radius 3 is 2.83 bits per heavy atom. The molecule has 8 heteroatoms. The summed E-state index contributed by atoms with van der Waals surface area (Å²) in [6.45, 7) is 6.72. The van der Waals surface area contributed by atoms with Crippen molar-refractivity contribution in [3.8, 4) is 11.6 Å². The summed E-state index contributed by atoms with van der Waals surface area (Å²) in [6.07, 6.45) is 2.57. The highest BCUT2D eigenvalue weighted by Gasteiger charge is 2.08. The second-order valence-corrected chi connectivity index (χ2v) is 6.48. The van der Waals surface area contributed by atoms with Crippen LogP contribution in [0.25, 0.3) is 11.6 Å². The van der Waals surface area contributed by atoms with Gasteiger partial charge in [0.15, 0.2) is 11.7 Å². The standard InChI is InChI=1S/C21H28N6O2/c1-3-22-21(23-12-8-14-28-16(2)17-9-5-4-6-10-17)24-15-19-25-20(27-26-19)18-11-7-13-29-18/h4-7,9-11,13,16H,3,8,12,14-15H2,1-2H3,(H2,22,23,24)(H,25,26,27). The van der Waals surface area contributed by atoms with Gasteiger partial charge in [-0.3, -0.25) is 5.10 Å². The van der Waals surface area contributed by atoms with Gasteiger partial charge in [0, 0.05) is 19.7 Å². The van der Waals surface area contributed by atoms with Crippen molar-refractivity contribution >= 4 is 5.96 Å². The summed E-state index contributed by atoms with van der Waals surface area (Å²) in [5, 5.41) is 13.6. The lowest BCUT2D eigenvalue weighted by Crippen LogP contribution is -2.38. The molecule has 3 rings (SSSR count). The fourth-order valence-electron chi connectivity index (χ4n) is 2.74. The van der Waals surface area contributed by atoms with Crippen molar-refractivity contribution in [2.24, 2.45) is 4.99 Å². The van der Waals surface area contributed by atoms with Gasteiger partial charge in [0.1, 0.15) is 12.4 Å². The maximum Gasteiger partial charge on any atom is 0.216 e. The van der Waals surface area contributed by atoms with Crippen LogP contribution in [0.4, 0.5) is 0 Å². The number of hydrogen-bond donors (Lipinski definition) is 3. The molecule has 0 aliphatic carbocycles. The fraction of sp³-hybridized carbons (Fsp3) is 0.381. The predicted octanol–water partition coefficient (Wildman–Crippen LogP) is 3.29. The van der Waals surface area contributed by atoms with Crippen LogP contribution in [0.5, 0.6) is 0 Å². The number of rotatable bonds is 10. The third-order valence-corrected chi connectivity index (χ3v) is 4.25. The number of nitrogens with zero attached hydrogens (tertiary/aromatic N) is 3. The van der Waals surface area contributed by atoms with Crippen molar-refractivity contribution in [2.45, 2.75) is 32.9 Å². The van der Waals surface area contributed by atoms with E-state index >= 15 is 0 Å². The van der Waals surface area contributed by atoms with Crippen molar-refractivity contribution < 1.29 is 9.15 Å². The zero-order valence-electron chi connectivity index (χ0n) is 16.9. The molecule has 0 bridgehead atoms. The summed E-state index contributed by atoms with van der Waals surface area (Å²) in [5.41, 5.74) is 1.19. The predicted molar refractivity (Wildman–Crippen MR) is 112 cm³/mol. The van der Waals surface area contributed by atoms with Crippen LogP contribution in [0.1, 0.15) is 37.8 Å². The van der Waals surface area contributed by atoms with Crippen molar-refractivity contribution in [2.75, 3.05) is 19.7 Å². The number of furan rings is 1. The number of aliphatic imine (C=N–C) groups is 1. The third kappa shape index (κ3) is 6.46. The van der Waals surface area contributed by atoms with E-state index in [0.717, 1.165) is 25.5 Å². The highest BCUT2D eigenvalue weighted by molar-refractivity contribution is 5.79. The molecule has 2 aromatic heterocycles. The largest absolute Gasteiger partial charge is 0.461 e. The van der Waals surface area contributed by atoms with Crippen molar-refractivity contribution in [1.82, 2.24) is 25.8 Å². The third-order valence-electron chi connectivity index (χ3n) is 4.25. The minimum Gasteiger partial charge on any atom is -0.461 e. The molecule has 0 radical (unpaired) electrons. The van der Waals surface area contributed by atoms with E-state index in [1.54, 1.807) is 12.3 Å². The van der Waals surface area contributed by atoms with Gasteiger partial charge in [-0.15, -0.1) is 5.10 Å². The number of aromatic amines is 1. The van der Waals surface area contributed by atoms with Crippen LogP contribution >= 0.6 is 0 Å². The number of ether oxygens (including phenoxy) is 1. The summed E-state index contributed by atoms with van der Waals surface area (Å²) >= 11 is 0. The number of aromatic nitrogens is 3. The molecule has 0 saturated heterocycles. The van der Waals surface area contributed by atoms with E-state index in [1.165, 1.54) is 5.56 Å². The normalized spacial score (nSPS) is 12.7. The number of benzene rings is 1. The van der Waals surface area contributed by atoms with Gasteiger partial charge in [-0.1, -0.05) is 30.3 Å². The number of nitrogens with one attached hydrogen (secondary N) is 3. The van der Waals surface area contributed by atoms with E-state index in [2.05, 4.69) is 49.9 Å². The van der Waals surface area contributed by atoms with Gasteiger partial charge >= 0.3 is 0 Å². The minimum atomic E-state index is 0.0907. The Bertz CT molecular complexity index is 860. The average Bonchev–Trinajstić information content (AvgIpc) is 3.44. The molecule has 1 aromatic carbocycles. The molecule has 0 saturated carbocycles. The van der Waals surface area contributed by atoms with Gasteiger partial charge in [-0.05, 0) is 38.0 Å². The lowest BCUT2D eigenvalue weighted by Gasteiger charge is -2.14. The van der Waals surface area contributed by atoms with Gasteiger partial charge in [0.05, 0.1) is 12.4 Å². The van der Waals surface area contributed by atoms with Crippen molar-refractivity contribution in [1.29, 1.82) is 0 Å². The molecule has 8 nitrogen and oxygen atoms in total. The lowest BCUT2D eigenvalue weighted by atomic mass is 10.1. The van der Waals surface area contributed by atoms with E-state index in [4.69, 9.17) is 9.15 Å². The SMILES string of the molecule is CCNC(=NCc1nc(-c2ccco2)n[nH]1)NCCCOC(C)c1ccccc1. The molecule has 0 amide bonds. The molecular formula is C21H28N6O2. The van der Waals surface area contributed by atoms with Crippen LogP contribution in [0.15, 0.2) is 58.1 Å². The van der Waals surface area contributed by atoms with Crippen LogP contribution in [-0.2, 0) is 11.3 Å². The summed E-state index contributed by atoms with van der Waals surface area (Å²) in [6, 6.07) is 13.9. The van der Waals surface area contributed by atoms with E-state index in [1.807, 2.05) is 31.2 Å². The monoisotopic (exact) mass is 396 g/mol. The zero-order valence-corrected chi connectivity index (χ0v) is 16.9. The van der Waals surface area contributed by atoms with Crippen LogP contribution in [-0.4, -0.2) is 40.8 Å². The van der Waals surface area contributed by atoms with Crippen molar-refractivity contribution in [3.05, 3.63) is 60.1 Å². The van der Waals surface area contributed by atoms with E-state index in [-0.39, 0.29) is 6.10 Å². The molecule has 1 unspecified atom stereocenters. The van der Waals surface area contributed by atoms with Gasteiger partial charge in [0.2, 0.25) is 5.82 Å². The Hall–Kier alpha value is -3.13. The smallest absolute Gasteiger partial charge is 0.216 e. The molecule has 0 fully saturated rings. The van der Waals surface area contributed by atoms with E-state index in [9.17, 15) is 0 Å². The Labute approximate surface area is 170 Å². The Morgan fingerprint density at radius 2 is 2.07 bits per heavy atom. The van der Waals surface area contributed by atoms with Crippen LogP contribution in [0.2, 0.25) is 0 Å². The van der Waals surface area contributed by atoms with Crippen LogP contribution in [0, 0.1) is 0 Å². The first-order valence-corrected chi connectivity index (χ1v) is 9.90. The average molecular weight is 396 g/mol. The molecule has 3 N–H and O–H groups in total. The van der Waals surface area contributed by atoms with E-state index < -0.39 is 0 Å². The molecule has 154 valence electrons. The second-order valence-electron chi connectivity index (χ2n) is 6.48. The maximum absolute atomic E-state index is 5.90. The summed E-state index contributed by atoms with van der Waals surface area (Å²) in [4.78, 5) is 8.95. The molecule has 1 atom stereocenters. The number of guanidine groups is 1. The molecule has 0 aliphatic rings. The van der Waals surface area contributed by atoms with Gasteiger partial charge in [0.25, 0.3) is 0 Å². The quantitative estimate of drug-likeness (QED) is 0.276. The summed E-state index contributed by atoms with van der Waals surface area (Å²) in [5.74, 6) is 2.57. The van der Waals surface area contributed by atoms with Crippen molar-refractivity contribution in [3.63, 3.8) is 0 Å². The molecular weight excluding hydrogens is 368 g/mol. The highest BCUT2D eigenvalue weighted by atomic mass is 16.5. The van der Waals surface area contributed by atoms with Gasteiger partial charge in [-0.2, -0.15) is 0 Å². The van der Waals surface area contributed by atoms with Crippen LogP contribution in [0.3, 0.4) is 0 Å². The maximum atomic E-state index is 5.90.